The lowest BCUT2D eigenvalue weighted by Crippen LogP contribution is -1.82. The Hall–Kier alpha value is -3.58. The van der Waals surface area contributed by atoms with Gasteiger partial charge in [0.25, 0.3) is 0 Å². The van der Waals surface area contributed by atoms with Gasteiger partial charge in [0.1, 0.15) is 0 Å². The number of aromatic amines is 1. The maximum Gasteiger partial charge on any atom is 0.0538 e. The fourth-order valence-electron chi connectivity index (χ4n) is 3.74. The lowest BCUT2D eigenvalue weighted by Gasteiger charge is -2.06. The van der Waals surface area contributed by atoms with E-state index in [1.807, 2.05) is 0 Å². The summed E-state index contributed by atoms with van der Waals surface area (Å²) in [5, 5.41) is 2.54. The third-order valence-electron chi connectivity index (χ3n) is 5.06. The van der Waals surface area contributed by atoms with Gasteiger partial charge in [-0.3, -0.25) is 0 Å². The van der Waals surface area contributed by atoms with E-state index < -0.39 is 0 Å². The predicted octanol–water partition coefficient (Wildman–Crippen LogP) is 7.16. The average Bonchev–Trinajstić information content (AvgIpc) is 3.12. The molecule has 0 aliphatic carbocycles. The van der Waals surface area contributed by atoms with Gasteiger partial charge in [0.15, 0.2) is 0 Å². The lowest BCUT2D eigenvalue weighted by atomic mass is 9.98. The number of nitrogens with one attached hydrogen (secondary N) is 1. The van der Waals surface area contributed by atoms with Crippen LogP contribution in [-0.4, -0.2) is 4.98 Å². The molecule has 0 unspecified atom stereocenters. The molecule has 128 valence electrons. The SMILES string of the molecule is C(=Cc1cccc2c1[nH]c1ccccc12)c1ccccc1-c1ccccc1. The summed E-state index contributed by atoms with van der Waals surface area (Å²) >= 11 is 0. The maximum absolute atomic E-state index is 3.58. The highest BCUT2D eigenvalue weighted by Gasteiger charge is 2.06. The van der Waals surface area contributed by atoms with Crippen LogP contribution >= 0.6 is 0 Å². The van der Waals surface area contributed by atoms with Gasteiger partial charge in [-0.2, -0.15) is 0 Å². The number of benzene rings is 4. The van der Waals surface area contributed by atoms with Crippen molar-refractivity contribution in [3.8, 4) is 11.1 Å². The van der Waals surface area contributed by atoms with E-state index in [1.165, 1.54) is 44.1 Å². The molecule has 27 heavy (non-hydrogen) atoms. The van der Waals surface area contributed by atoms with Crippen LogP contribution in [0, 0.1) is 0 Å². The van der Waals surface area contributed by atoms with Crippen LogP contribution in [0.4, 0.5) is 0 Å². The van der Waals surface area contributed by atoms with Gasteiger partial charge < -0.3 is 4.98 Å². The molecule has 0 aliphatic heterocycles. The fourth-order valence-corrected chi connectivity index (χ4v) is 3.74. The smallest absolute Gasteiger partial charge is 0.0538 e. The van der Waals surface area contributed by atoms with Gasteiger partial charge in [-0.05, 0) is 28.3 Å². The number of H-pyrrole nitrogens is 1. The topological polar surface area (TPSA) is 15.8 Å². The minimum Gasteiger partial charge on any atom is -0.354 e. The summed E-state index contributed by atoms with van der Waals surface area (Å²) in [6.07, 6.45) is 4.42. The third kappa shape index (κ3) is 2.84. The summed E-state index contributed by atoms with van der Waals surface area (Å²) < 4.78 is 0. The van der Waals surface area contributed by atoms with Crippen LogP contribution < -0.4 is 0 Å². The van der Waals surface area contributed by atoms with Crippen molar-refractivity contribution in [1.82, 2.24) is 4.98 Å². The molecule has 5 rings (SSSR count). The first-order valence-electron chi connectivity index (χ1n) is 9.22. The first kappa shape index (κ1) is 15.7. The van der Waals surface area contributed by atoms with E-state index in [9.17, 15) is 0 Å². The molecular formula is C26H19N. The fraction of sp³-hybridized carbons (Fsp3) is 0. The second-order valence-corrected chi connectivity index (χ2v) is 6.73. The second-order valence-electron chi connectivity index (χ2n) is 6.73. The number of fused-ring (bicyclic) bond motifs is 3. The minimum absolute atomic E-state index is 1.18. The molecule has 1 nitrogen and oxygen atoms in total. The van der Waals surface area contributed by atoms with E-state index in [2.05, 4.69) is 114 Å². The molecule has 0 atom stereocenters. The maximum atomic E-state index is 3.58. The highest BCUT2D eigenvalue weighted by atomic mass is 14.7. The van der Waals surface area contributed by atoms with Crippen LogP contribution in [0.3, 0.4) is 0 Å². The Labute approximate surface area is 158 Å². The van der Waals surface area contributed by atoms with E-state index in [4.69, 9.17) is 0 Å². The molecule has 1 heterocycles. The first-order chi connectivity index (χ1) is 13.4. The van der Waals surface area contributed by atoms with Crippen LogP contribution in [0.25, 0.3) is 45.1 Å². The van der Waals surface area contributed by atoms with Crippen molar-refractivity contribution in [1.29, 1.82) is 0 Å². The van der Waals surface area contributed by atoms with Crippen molar-refractivity contribution in [2.75, 3.05) is 0 Å². The van der Waals surface area contributed by atoms with Crippen molar-refractivity contribution in [3.63, 3.8) is 0 Å². The molecule has 0 bridgehead atoms. The number of aromatic nitrogens is 1. The molecule has 0 fully saturated rings. The van der Waals surface area contributed by atoms with Gasteiger partial charge >= 0.3 is 0 Å². The van der Waals surface area contributed by atoms with Gasteiger partial charge in [0, 0.05) is 16.3 Å². The van der Waals surface area contributed by atoms with Crippen molar-refractivity contribution < 1.29 is 0 Å². The second kappa shape index (κ2) is 6.62. The molecule has 0 aliphatic rings. The van der Waals surface area contributed by atoms with Crippen molar-refractivity contribution in [2.24, 2.45) is 0 Å². The van der Waals surface area contributed by atoms with Crippen LogP contribution in [0.5, 0.6) is 0 Å². The number of para-hydroxylation sites is 2. The van der Waals surface area contributed by atoms with Gasteiger partial charge in [-0.1, -0.05) is 103 Å². The highest BCUT2D eigenvalue weighted by Crippen LogP contribution is 2.29. The van der Waals surface area contributed by atoms with Crippen LogP contribution in [-0.2, 0) is 0 Å². The van der Waals surface area contributed by atoms with Crippen molar-refractivity contribution >= 4 is 34.0 Å². The standard InChI is InChI=1S/C26H19N/c1-2-9-19(10-3-1)22-13-5-4-11-20(22)17-18-21-12-8-15-24-23-14-6-7-16-25(23)27-26(21)24/h1-18,27H. The molecule has 4 aromatic carbocycles. The van der Waals surface area contributed by atoms with Gasteiger partial charge in [-0.25, -0.2) is 0 Å². The predicted molar refractivity (Wildman–Crippen MR) is 117 cm³/mol. The molecule has 0 amide bonds. The summed E-state index contributed by atoms with van der Waals surface area (Å²) in [6.45, 7) is 0. The molecule has 0 saturated heterocycles. The van der Waals surface area contributed by atoms with Gasteiger partial charge in [0.05, 0.1) is 5.52 Å². The average molecular weight is 345 g/mol. The normalized spacial score (nSPS) is 11.6. The zero-order valence-corrected chi connectivity index (χ0v) is 14.9. The van der Waals surface area contributed by atoms with E-state index in [0.717, 1.165) is 0 Å². The molecule has 1 aromatic heterocycles. The Morgan fingerprint density at radius 1 is 0.519 bits per heavy atom. The Balaban J connectivity index is 1.62. The largest absolute Gasteiger partial charge is 0.354 e. The lowest BCUT2D eigenvalue weighted by molar-refractivity contribution is 1.53. The zero-order chi connectivity index (χ0) is 18.1. The monoisotopic (exact) mass is 345 g/mol. The quantitative estimate of drug-likeness (QED) is 0.334. The van der Waals surface area contributed by atoms with Crippen LogP contribution in [0.15, 0.2) is 97.1 Å². The Morgan fingerprint density at radius 3 is 2.11 bits per heavy atom. The molecule has 0 saturated carbocycles. The molecule has 0 spiro atoms. The summed E-state index contributed by atoms with van der Waals surface area (Å²) in [4.78, 5) is 3.58. The summed E-state index contributed by atoms with van der Waals surface area (Å²) in [5.41, 5.74) is 7.27. The molecular weight excluding hydrogens is 326 g/mol. The van der Waals surface area contributed by atoms with Crippen LogP contribution in [0.2, 0.25) is 0 Å². The number of rotatable bonds is 3. The Kier molecular flexibility index (Phi) is 3.84. The summed E-state index contributed by atoms with van der Waals surface area (Å²) in [7, 11) is 0. The molecule has 1 N–H and O–H groups in total. The summed E-state index contributed by atoms with van der Waals surface area (Å²) in [5.74, 6) is 0. The van der Waals surface area contributed by atoms with Crippen LogP contribution in [0.1, 0.15) is 11.1 Å². The van der Waals surface area contributed by atoms with Gasteiger partial charge in [-0.15, -0.1) is 0 Å². The number of hydrogen-bond acceptors (Lipinski definition) is 0. The molecule has 5 aromatic rings. The van der Waals surface area contributed by atoms with E-state index in [1.54, 1.807) is 0 Å². The zero-order valence-electron chi connectivity index (χ0n) is 14.9. The third-order valence-corrected chi connectivity index (χ3v) is 5.06. The molecule has 0 radical (unpaired) electrons. The van der Waals surface area contributed by atoms with E-state index in [-0.39, 0.29) is 0 Å². The highest BCUT2D eigenvalue weighted by molar-refractivity contribution is 6.10. The van der Waals surface area contributed by atoms with Crippen molar-refractivity contribution in [3.05, 3.63) is 108 Å². The van der Waals surface area contributed by atoms with Crippen molar-refractivity contribution in [2.45, 2.75) is 0 Å². The van der Waals surface area contributed by atoms with E-state index in [0.29, 0.717) is 0 Å². The Morgan fingerprint density at radius 2 is 1.19 bits per heavy atom. The number of hydrogen-bond donors (Lipinski definition) is 1. The summed E-state index contributed by atoms with van der Waals surface area (Å²) in [6, 6.07) is 34.0. The van der Waals surface area contributed by atoms with Gasteiger partial charge in [0.2, 0.25) is 0 Å². The molecule has 1 heteroatoms. The first-order valence-corrected chi connectivity index (χ1v) is 9.22. The minimum atomic E-state index is 1.18. The van der Waals surface area contributed by atoms with E-state index >= 15 is 0 Å². The Bertz CT molecular complexity index is 1260.